The predicted octanol–water partition coefficient (Wildman–Crippen LogP) is 2.77. The molecule has 2 atom stereocenters. The summed E-state index contributed by atoms with van der Waals surface area (Å²) in [6.07, 6.45) is 4.84. The lowest BCUT2D eigenvalue weighted by Gasteiger charge is -2.27. The van der Waals surface area contributed by atoms with Gasteiger partial charge in [-0.2, -0.15) is 0 Å². The maximum absolute atomic E-state index is 4.44. The molecule has 2 unspecified atom stereocenters. The third-order valence-corrected chi connectivity index (χ3v) is 4.81. The highest BCUT2D eigenvalue weighted by atomic mass is 79.9. The molecule has 0 spiro atoms. The summed E-state index contributed by atoms with van der Waals surface area (Å²) < 4.78 is 3.39. The molecule has 2 aliphatic heterocycles. The lowest BCUT2D eigenvalue weighted by Crippen LogP contribution is -2.43. The van der Waals surface area contributed by atoms with Crippen LogP contribution in [0.3, 0.4) is 0 Å². The molecule has 5 heteroatoms. The molecule has 3 heterocycles. The molecule has 4 nitrogen and oxygen atoms in total. The first-order valence-electron chi connectivity index (χ1n) is 7.23. The number of benzene rings is 1. The average molecular weight is 333 g/mol. The van der Waals surface area contributed by atoms with Crippen LogP contribution in [0.1, 0.15) is 25.1 Å². The standard InChI is InChI=1S/C15H17BrN4/c16-11-4-1-3-10(7-11)15-19-18-14-8-12-5-2-6-13(17-12)9-20(14)15/h1,3-4,7,12-13,17H,2,5-6,8-9H2. The second-order valence-corrected chi connectivity index (χ2v) is 6.67. The molecule has 0 saturated carbocycles. The van der Waals surface area contributed by atoms with Crippen molar-refractivity contribution >= 4 is 15.9 Å². The van der Waals surface area contributed by atoms with E-state index in [4.69, 9.17) is 0 Å². The number of hydrogen-bond donors (Lipinski definition) is 1. The molecule has 2 bridgehead atoms. The Balaban J connectivity index is 1.77. The average Bonchev–Trinajstić information content (AvgIpc) is 2.77. The van der Waals surface area contributed by atoms with Gasteiger partial charge in [-0.1, -0.05) is 34.5 Å². The molecule has 20 heavy (non-hydrogen) atoms. The fourth-order valence-electron chi connectivity index (χ4n) is 3.38. The van der Waals surface area contributed by atoms with E-state index in [2.05, 4.69) is 48.1 Å². The molecule has 2 aromatic rings. The molecule has 1 saturated heterocycles. The van der Waals surface area contributed by atoms with Crippen molar-refractivity contribution in [3.05, 3.63) is 34.6 Å². The van der Waals surface area contributed by atoms with Gasteiger partial charge < -0.3 is 9.88 Å². The van der Waals surface area contributed by atoms with Crippen LogP contribution in [0.15, 0.2) is 28.7 Å². The van der Waals surface area contributed by atoms with Crippen LogP contribution >= 0.6 is 15.9 Å². The fraction of sp³-hybridized carbons (Fsp3) is 0.467. The maximum atomic E-state index is 4.44. The molecule has 104 valence electrons. The summed E-state index contributed by atoms with van der Waals surface area (Å²) in [5, 5.41) is 12.6. The summed E-state index contributed by atoms with van der Waals surface area (Å²) in [5.41, 5.74) is 1.13. The lowest BCUT2D eigenvalue weighted by molar-refractivity contribution is 0.315. The van der Waals surface area contributed by atoms with E-state index in [1.54, 1.807) is 0 Å². The Hall–Kier alpha value is -1.20. The minimum absolute atomic E-state index is 0.567. The van der Waals surface area contributed by atoms with Gasteiger partial charge in [0, 0.05) is 35.1 Å². The fourth-order valence-corrected chi connectivity index (χ4v) is 3.77. The van der Waals surface area contributed by atoms with Crippen molar-refractivity contribution in [2.45, 2.75) is 44.3 Å². The zero-order chi connectivity index (χ0) is 13.5. The van der Waals surface area contributed by atoms with E-state index in [-0.39, 0.29) is 0 Å². The third kappa shape index (κ3) is 2.19. The van der Waals surface area contributed by atoms with E-state index in [0.29, 0.717) is 12.1 Å². The van der Waals surface area contributed by atoms with Crippen LogP contribution in [0.2, 0.25) is 0 Å². The Labute approximate surface area is 126 Å². The monoisotopic (exact) mass is 332 g/mol. The maximum Gasteiger partial charge on any atom is 0.164 e. The smallest absolute Gasteiger partial charge is 0.164 e. The van der Waals surface area contributed by atoms with E-state index in [1.807, 2.05) is 12.1 Å². The number of nitrogens with one attached hydrogen (secondary N) is 1. The van der Waals surface area contributed by atoms with Gasteiger partial charge in [-0.3, -0.25) is 0 Å². The molecule has 0 radical (unpaired) electrons. The predicted molar refractivity (Wildman–Crippen MR) is 81.4 cm³/mol. The highest BCUT2D eigenvalue weighted by Crippen LogP contribution is 2.27. The van der Waals surface area contributed by atoms with Gasteiger partial charge in [0.1, 0.15) is 5.82 Å². The molecule has 1 aromatic heterocycles. The van der Waals surface area contributed by atoms with Gasteiger partial charge in [-0.25, -0.2) is 0 Å². The molecule has 1 N–H and O–H groups in total. The quantitative estimate of drug-likeness (QED) is 0.873. The zero-order valence-corrected chi connectivity index (χ0v) is 12.8. The Morgan fingerprint density at radius 3 is 3.00 bits per heavy atom. The van der Waals surface area contributed by atoms with Gasteiger partial charge in [-0.15, -0.1) is 10.2 Å². The second kappa shape index (κ2) is 4.97. The Kier molecular flexibility index (Phi) is 3.11. The summed E-state index contributed by atoms with van der Waals surface area (Å²) in [5.74, 6) is 2.12. The lowest BCUT2D eigenvalue weighted by atomic mass is 9.98. The molecular formula is C15H17BrN4. The highest BCUT2D eigenvalue weighted by Gasteiger charge is 2.29. The van der Waals surface area contributed by atoms with E-state index in [0.717, 1.165) is 34.7 Å². The van der Waals surface area contributed by atoms with Gasteiger partial charge in [0.2, 0.25) is 0 Å². The number of rotatable bonds is 1. The number of aromatic nitrogens is 3. The highest BCUT2D eigenvalue weighted by molar-refractivity contribution is 9.10. The molecule has 1 aromatic carbocycles. The number of piperidine rings is 1. The topological polar surface area (TPSA) is 42.7 Å². The van der Waals surface area contributed by atoms with E-state index >= 15 is 0 Å². The van der Waals surface area contributed by atoms with Crippen LogP contribution in [0, 0.1) is 0 Å². The minimum atomic E-state index is 0.567. The van der Waals surface area contributed by atoms with E-state index < -0.39 is 0 Å². The van der Waals surface area contributed by atoms with E-state index in [9.17, 15) is 0 Å². The summed E-state index contributed by atoms with van der Waals surface area (Å²) in [6.45, 7) is 0.987. The van der Waals surface area contributed by atoms with Crippen LogP contribution in [-0.4, -0.2) is 26.8 Å². The molecule has 1 fully saturated rings. The summed E-state index contributed by atoms with van der Waals surface area (Å²) in [7, 11) is 0. The van der Waals surface area contributed by atoms with Gasteiger partial charge >= 0.3 is 0 Å². The first kappa shape index (κ1) is 12.5. The van der Waals surface area contributed by atoms with E-state index in [1.165, 1.54) is 19.3 Å². The van der Waals surface area contributed by atoms with Crippen LogP contribution in [-0.2, 0) is 13.0 Å². The van der Waals surface area contributed by atoms with Crippen molar-refractivity contribution in [3.63, 3.8) is 0 Å². The Morgan fingerprint density at radius 2 is 2.10 bits per heavy atom. The van der Waals surface area contributed by atoms with Gasteiger partial charge in [0.15, 0.2) is 5.82 Å². The van der Waals surface area contributed by atoms with Gasteiger partial charge in [0.05, 0.1) is 0 Å². The van der Waals surface area contributed by atoms with Crippen molar-refractivity contribution in [2.75, 3.05) is 0 Å². The van der Waals surface area contributed by atoms with Crippen LogP contribution < -0.4 is 5.32 Å². The largest absolute Gasteiger partial charge is 0.309 e. The van der Waals surface area contributed by atoms with Crippen LogP contribution in [0.5, 0.6) is 0 Å². The van der Waals surface area contributed by atoms with Crippen molar-refractivity contribution in [1.82, 2.24) is 20.1 Å². The van der Waals surface area contributed by atoms with Gasteiger partial charge in [0.25, 0.3) is 0 Å². The van der Waals surface area contributed by atoms with Crippen LogP contribution in [0.25, 0.3) is 11.4 Å². The summed E-state index contributed by atoms with van der Waals surface area (Å²) in [6, 6.07) is 9.45. The summed E-state index contributed by atoms with van der Waals surface area (Å²) >= 11 is 3.53. The first-order valence-corrected chi connectivity index (χ1v) is 8.03. The second-order valence-electron chi connectivity index (χ2n) is 5.76. The number of halogens is 1. The van der Waals surface area contributed by atoms with Crippen molar-refractivity contribution in [1.29, 1.82) is 0 Å². The third-order valence-electron chi connectivity index (χ3n) is 4.32. The molecule has 0 aliphatic carbocycles. The Bertz CT molecular complexity index is 637. The molecule has 0 amide bonds. The summed E-state index contributed by atoms with van der Waals surface area (Å²) in [4.78, 5) is 0. The number of fused-ring (bicyclic) bond motifs is 3. The van der Waals surface area contributed by atoms with Crippen LogP contribution in [0.4, 0.5) is 0 Å². The Morgan fingerprint density at radius 1 is 1.20 bits per heavy atom. The zero-order valence-electron chi connectivity index (χ0n) is 11.2. The molecule has 2 aliphatic rings. The molecular weight excluding hydrogens is 316 g/mol. The normalized spacial score (nSPS) is 25.1. The first-order chi connectivity index (χ1) is 9.79. The number of nitrogens with zero attached hydrogens (tertiary/aromatic N) is 3. The van der Waals surface area contributed by atoms with Crippen molar-refractivity contribution in [2.24, 2.45) is 0 Å². The van der Waals surface area contributed by atoms with Crippen molar-refractivity contribution in [3.8, 4) is 11.4 Å². The molecule has 4 rings (SSSR count). The SMILES string of the molecule is Brc1cccc(-c2nnc3n2CC2CCCC(C3)N2)c1. The number of hydrogen-bond acceptors (Lipinski definition) is 3. The van der Waals surface area contributed by atoms with Crippen molar-refractivity contribution < 1.29 is 0 Å². The van der Waals surface area contributed by atoms with Gasteiger partial charge in [-0.05, 0) is 25.0 Å². The minimum Gasteiger partial charge on any atom is -0.309 e.